The standard InChI is InChI=1S/C21H23NO5/c1-14-5-4-6-16(9-14)21(24)27-13-20(23)22-8-7-15-10-18(25-2)19(26-3)11-17(15)12-22/h4-6,9-11H,7-8,12-13H2,1-3H3. The van der Waals surface area contributed by atoms with E-state index in [1.54, 1.807) is 37.3 Å². The number of rotatable bonds is 5. The van der Waals surface area contributed by atoms with Gasteiger partial charge in [0.15, 0.2) is 18.1 Å². The molecule has 0 atom stereocenters. The average molecular weight is 369 g/mol. The molecule has 1 aliphatic rings. The van der Waals surface area contributed by atoms with Crippen LogP contribution in [0.15, 0.2) is 36.4 Å². The molecule has 3 rings (SSSR count). The number of amides is 1. The fraction of sp³-hybridized carbons (Fsp3) is 0.333. The molecule has 1 aliphatic heterocycles. The van der Waals surface area contributed by atoms with Crippen LogP contribution in [0.1, 0.15) is 27.0 Å². The molecule has 0 radical (unpaired) electrons. The SMILES string of the molecule is COc1cc2c(cc1OC)CN(C(=O)COC(=O)c1cccc(C)c1)CC2. The van der Waals surface area contributed by atoms with Gasteiger partial charge in [0.05, 0.1) is 19.8 Å². The molecule has 1 amide bonds. The molecule has 0 aliphatic carbocycles. The number of benzene rings is 2. The molecule has 142 valence electrons. The number of carbonyl (C=O) groups excluding carboxylic acids is 2. The molecule has 27 heavy (non-hydrogen) atoms. The molecule has 2 aromatic rings. The molecule has 0 aromatic heterocycles. The van der Waals surface area contributed by atoms with Crippen molar-refractivity contribution in [3.63, 3.8) is 0 Å². The number of hydrogen-bond acceptors (Lipinski definition) is 5. The van der Waals surface area contributed by atoms with Gasteiger partial charge in [0.25, 0.3) is 5.91 Å². The zero-order valence-electron chi connectivity index (χ0n) is 15.8. The Labute approximate surface area is 158 Å². The van der Waals surface area contributed by atoms with Gasteiger partial charge >= 0.3 is 5.97 Å². The summed E-state index contributed by atoms with van der Waals surface area (Å²) in [5.74, 6) is 0.617. The van der Waals surface area contributed by atoms with Crippen LogP contribution in [0, 0.1) is 6.92 Å². The Kier molecular flexibility index (Phi) is 5.64. The lowest BCUT2D eigenvalue weighted by Gasteiger charge is -2.29. The summed E-state index contributed by atoms with van der Waals surface area (Å²) in [4.78, 5) is 26.3. The van der Waals surface area contributed by atoms with E-state index in [0.717, 1.165) is 16.7 Å². The van der Waals surface area contributed by atoms with Crippen LogP contribution >= 0.6 is 0 Å². The molecule has 2 aromatic carbocycles. The summed E-state index contributed by atoms with van der Waals surface area (Å²) in [6.07, 6.45) is 0.716. The summed E-state index contributed by atoms with van der Waals surface area (Å²) < 4.78 is 15.9. The van der Waals surface area contributed by atoms with Crippen molar-refractivity contribution in [1.29, 1.82) is 0 Å². The van der Waals surface area contributed by atoms with E-state index in [0.29, 0.717) is 36.6 Å². The third-order valence-corrected chi connectivity index (χ3v) is 4.65. The van der Waals surface area contributed by atoms with E-state index in [2.05, 4.69) is 0 Å². The molecule has 0 saturated heterocycles. The fourth-order valence-electron chi connectivity index (χ4n) is 3.17. The molecule has 0 fully saturated rings. The number of ether oxygens (including phenoxy) is 3. The van der Waals surface area contributed by atoms with E-state index in [-0.39, 0.29) is 12.5 Å². The zero-order valence-corrected chi connectivity index (χ0v) is 15.8. The van der Waals surface area contributed by atoms with Gasteiger partial charge in [-0.05, 0) is 48.7 Å². The molecular formula is C21H23NO5. The largest absolute Gasteiger partial charge is 0.493 e. The van der Waals surface area contributed by atoms with E-state index >= 15 is 0 Å². The summed E-state index contributed by atoms with van der Waals surface area (Å²) in [7, 11) is 3.19. The van der Waals surface area contributed by atoms with Gasteiger partial charge in [-0.2, -0.15) is 0 Å². The molecule has 6 heteroatoms. The van der Waals surface area contributed by atoms with Crippen molar-refractivity contribution >= 4 is 11.9 Å². The van der Waals surface area contributed by atoms with Crippen LogP contribution in [0.3, 0.4) is 0 Å². The van der Waals surface area contributed by atoms with Crippen molar-refractivity contribution in [2.45, 2.75) is 19.9 Å². The smallest absolute Gasteiger partial charge is 0.338 e. The number of fused-ring (bicyclic) bond motifs is 1. The Morgan fingerprint density at radius 2 is 1.74 bits per heavy atom. The molecule has 0 N–H and O–H groups in total. The first-order valence-electron chi connectivity index (χ1n) is 8.77. The maximum absolute atomic E-state index is 12.5. The topological polar surface area (TPSA) is 65.1 Å². The monoisotopic (exact) mass is 369 g/mol. The maximum atomic E-state index is 12.5. The van der Waals surface area contributed by atoms with E-state index in [1.807, 2.05) is 25.1 Å². The van der Waals surface area contributed by atoms with Crippen LogP contribution in [0.2, 0.25) is 0 Å². The first-order chi connectivity index (χ1) is 13.0. The van der Waals surface area contributed by atoms with E-state index in [4.69, 9.17) is 14.2 Å². The zero-order chi connectivity index (χ0) is 19.4. The van der Waals surface area contributed by atoms with Gasteiger partial charge < -0.3 is 19.1 Å². The van der Waals surface area contributed by atoms with Crippen LogP contribution < -0.4 is 9.47 Å². The lowest BCUT2D eigenvalue weighted by atomic mass is 9.99. The second-order valence-corrected chi connectivity index (χ2v) is 6.49. The van der Waals surface area contributed by atoms with Gasteiger partial charge in [0, 0.05) is 13.1 Å². The predicted octanol–water partition coefficient (Wildman–Crippen LogP) is 2.75. The molecule has 0 bridgehead atoms. The van der Waals surface area contributed by atoms with Crippen molar-refractivity contribution in [2.75, 3.05) is 27.4 Å². The van der Waals surface area contributed by atoms with Gasteiger partial charge in [0.1, 0.15) is 0 Å². The van der Waals surface area contributed by atoms with Gasteiger partial charge in [-0.1, -0.05) is 17.7 Å². The summed E-state index contributed by atoms with van der Waals surface area (Å²) in [6.45, 7) is 2.66. The number of aryl methyl sites for hydroxylation is 1. The highest BCUT2D eigenvalue weighted by atomic mass is 16.5. The molecule has 0 unspecified atom stereocenters. The second-order valence-electron chi connectivity index (χ2n) is 6.49. The van der Waals surface area contributed by atoms with Gasteiger partial charge in [-0.15, -0.1) is 0 Å². The lowest BCUT2D eigenvalue weighted by Crippen LogP contribution is -2.38. The minimum Gasteiger partial charge on any atom is -0.493 e. The normalized spacial score (nSPS) is 12.9. The summed E-state index contributed by atoms with van der Waals surface area (Å²) in [6, 6.07) is 11.0. The highest BCUT2D eigenvalue weighted by Crippen LogP contribution is 2.33. The van der Waals surface area contributed by atoms with Crippen LogP contribution in [-0.2, 0) is 22.5 Å². The van der Waals surface area contributed by atoms with Gasteiger partial charge in [-0.25, -0.2) is 4.79 Å². The molecule has 0 spiro atoms. The Hall–Kier alpha value is -3.02. The fourth-order valence-corrected chi connectivity index (χ4v) is 3.17. The number of methoxy groups -OCH3 is 2. The average Bonchev–Trinajstić information content (AvgIpc) is 2.70. The van der Waals surface area contributed by atoms with Crippen molar-refractivity contribution in [3.8, 4) is 11.5 Å². The van der Waals surface area contributed by atoms with Gasteiger partial charge in [0.2, 0.25) is 0 Å². The number of nitrogens with zero attached hydrogens (tertiary/aromatic N) is 1. The maximum Gasteiger partial charge on any atom is 0.338 e. The van der Waals surface area contributed by atoms with Crippen molar-refractivity contribution in [3.05, 3.63) is 58.7 Å². The molecule has 0 saturated carbocycles. The van der Waals surface area contributed by atoms with Crippen LogP contribution in [0.25, 0.3) is 0 Å². The van der Waals surface area contributed by atoms with Crippen molar-refractivity contribution < 1.29 is 23.8 Å². The first kappa shape index (κ1) is 18.8. The Bertz CT molecular complexity index is 862. The molecule has 6 nitrogen and oxygen atoms in total. The number of hydrogen-bond donors (Lipinski definition) is 0. The highest BCUT2D eigenvalue weighted by molar-refractivity contribution is 5.91. The third kappa shape index (κ3) is 4.22. The highest BCUT2D eigenvalue weighted by Gasteiger charge is 2.23. The summed E-state index contributed by atoms with van der Waals surface area (Å²) in [5, 5.41) is 0. The lowest BCUT2D eigenvalue weighted by molar-refractivity contribution is -0.135. The van der Waals surface area contributed by atoms with Crippen LogP contribution in [0.4, 0.5) is 0 Å². The Morgan fingerprint density at radius 1 is 1.04 bits per heavy atom. The second kappa shape index (κ2) is 8.12. The van der Waals surface area contributed by atoms with Crippen LogP contribution in [-0.4, -0.2) is 44.1 Å². The Morgan fingerprint density at radius 3 is 2.41 bits per heavy atom. The number of carbonyl (C=O) groups is 2. The first-order valence-corrected chi connectivity index (χ1v) is 8.77. The van der Waals surface area contributed by atoms with Crippen LogP contribution in [0.5, 0.6) is 11.5 Å². The van der Waals surface area contributed by atoms with E-state index < -0.39 is 5.97 Å². The quantitative estimate of drug-likeness (QED) is 0.759. The number of esters is 1. The minimum absolute atomic E-state index is 0.212. The summed E-state index contributed by atoms with van der Waals surface area (Å²) in [5.41, 5.74) is 3.56. The third-order valence-electron chi connectivity index (χ3n) is 4.65. The van der Waals surface area contributed by atoms with Crippen molar-refractivity contribution in [2.24, 2.45) is 0 Å². The molecular weight excluding hydrogens is 346 g/mol. The summed E-state index contributed by atoms with van der Waals surface area (Å²) >= 11 is 0. The van der Waals surface area contributed by atoms with E-state index in [1.165, 1.54) is 0 Å². The minimum atomic E-state index is -0.490. The van der Waals surface area contributed by atoms with Crippen molar-refractivity contribution in [1.82, 2.24) is 4.90 Å². The predicted molar refractivity (Wildman–Crippen MR) is 100 cm³/mol. The van der Waals surface area contributed by atoms with Gasteiger partial charge in [-0.3, -0.25) is 4.79 Å². The van der Waals surface area contributed by atoms with E-state index in [9.17, 15) is 9.59 Å². The Balaban J connectivity index is 1.63. The molecule has 1 heterocycles.